The summed E-state index contributed by atoms with van der Waals surface area (Å²) in [5, 5.41) is 7.00. The van der Waals surface area contributed by atoms with Crippen LogP contribution in [0.25, 0.3) is 0 Å². The predicted octanol–water partition coefficient (Wildman–Crippen LogP) is 5.27. The molecule has 156 valence electrons. The van der Waals surface area contributed by atoms with Crippen molar-refractivity contribution in [2.24, 2.45) is 0 Å². The lowest BCUT2D eigenvalue weighted by atomic mass is 10.2. The van der Waals surface area contributed by atoms with Gasteiger partial charge in [0.05, 0.1) is 17.7 Å². The van der Waals surface area contributed by atoms with E-state index in [4.69, 9.17) is 28.6 Å². The first-order chi connectivity index (χ1) is 14.3. The maximum atomic E-state index is 12.5. The van der Waals surface area contributed by atoms with Crippen molar-refractivity contribution in [3.8, 4) is 5.75 Å². The first kappa shape index (κ1) is 21.9. The van der Waals surface area contributed by atoms with Crippen LogP contribution in [0.4, 0.5) is 17.1 Å². The maximum absolute atomic E-state index is 12.5. The highest BCUT2D eigenvalue weighted by atomic mass is 35.5. The number of hydrogen-bond acceptors (Lipinski definition) is 4. The van der Waals surface area contributed by atoms with Crippen LogP contribution >= 0.6 is 23.8 Å². The molecule has 0 aliphatic heterocycles. The number of halogens is 1. The monoisotopic (exact) mass is 461 g/mol. The first-order valence-electron chi connectivity index (χ1n) is 8.88. The molecule has 0 atom stereocenters. The molecule has 0 bridgehead atoms. The molecule has 0 aliphatic rings. The number of sulfonamides is 1. The highest BCUT2D eigenvalue weighted by Crippen LogP contribution is 2.25. The topological polar surface area (TPSA) is 79.5 Å². The number of nitrogens with one attached hydrogen (secondary N) is 3. The van der Waals surface area contributed by atoms with Crippen LogP contribution < -0.4 is 20.1 Å². The Balaban J connectivity index is 1.67. The Hall–Kier alpha value is -2.81. The molecule has 3 rings (SSSR count). The minimum atomic E-state index is -3.72. The Morgan fingerprint density at radius 3 is 2.20 bits per heavy atom. The third-order valence-corrected chi connectivity index (χ3v) is 5.98. The highest BCUT2D eigenvalue weighted by molar-refractivity contribution is 7.92. The van der Waals surface area contributed by atoms with Crippen LogP contribution in [0, 0.1) is 6.92 Å². The summed E-state index contributed by atoms with van der Waals surface area (Å²) in [7, 11) is -2.13. The van der Waals surface area contributed by atoms with E-state index in [2.05, 4.69) is 15.4 Å². The first-order valence-corrected chi connectivity index (χ1v) is 11.1. The van der Waals surface area contributed by atoms with Crippen LogP contribution in [-0.4, -0.2) is 20.6 Å². The van der Waals surface area contributed by atoms with Gasteiger partial charge in [-0.05, 0) is 85.4 Å². The van der Waals surface area contributed by atoms with E-state index in [0.717, 1.165) is 11.3 Å². The van der Waals surface area contributed by atoms with Gasteiger partial charge in [0, 0.05) is 16.4 Å². The summed E-state index contributed by atoms with van der Waals surface area (Å²) in [4.78, 5) is 0.127. The summed E-state index contributed by atoms with van der Waals surface area (Å²) < 4.78 is 32.9. The van der Waals surface area contributed by atoms with Crippen molar-refractivity contribution in [2.45, 2.75) is 11.8 Å². The molecule has 0 amide bonds. The van der Waals surface area contributed by atoms with Crippen LogP contribution in [0.2, 0.25) is 5.02 Å². The Bertz CT molecular complexity index is 1150. The number of benzene rings is 3. The normalized spacial score (nSPS) is 10.9. The van der Waals surface area contributed by atoms with Gasteiger partial charge in [-0.25, -0.2) is 8.42 Å². The third kappa shape index (κ3) is 5.63. The largest absolute Gasteiger partial charge is 0.495 e. The van der Waals surface area contributed by atoms with Gasteiger partial charge in [-0.3, -0.25) is 4.72 Å². The van der Waals surface area contributed by atoms with Crippen LogP contribution in [-0.2, 0) is 10.0 Å². The van der Waals surface area contributed by atoms with Crippen molar-refractivity contribution < 1.29 is 13.2 Å². The van der Waals surface area contributed by atoms with E-state index in [1.807, 2.05) is 25.1 Å². The molecule has 0 spiro atoms. The fourth-order valence-electron chi connectivity index (χ4n) is 2.65. The third-order valence-electron chi connectivity index (χ3n) is 4.12. The van der Waals surface area contributed by atoms with Crippen molar-refractivity contribution in [2.75, 3.05) is 22.5 Å². The summed E-state index contributed by atoms with van der Waals surface area (Å²) in [5.41, 5.74) is 2.87. The molecule has 3 aromatic carbocycles. The molecule has 0 saturated carbocycles. The number of ether oxygens (including phenoxy) is 1. The zero-order valence-electron chi connectivity index (χ0n) is 16.3. The van der Waals surface area contributed by atoms with Gasteiger partial charge in [0.15, 0.2) is 5.11 Å². The smallest absolute Gasteiger partial charge is 0.261 e. The number of methoxy groups -OCH3 is 1. The fourth-order valence-corrected chi connectivity index (χ4v) is 4.07. The molecule has 30 heavy (non-hydrogen) atoms. The standard InChI is InChI=1S/C21H20ClN3O3S2/c1-14-3-12-20(28-2)19(13-14)24-21(29)23-16-8-10-18(11-9-16)30(26,27)25-17-6-4-15(22)5-7-17/h3-13,25H,1-2H3,(H2,23,24,29). The van der Waals surface area contributed by atoms with Gasteiger partial charge in [0.25, 0.3) is 10.0 Å². The van der Waals surface area contributed by atoms with E-state index in [-0.39, 0.29) is 4.90 Å². The Morgan fingerprint density at radius 2 is 1.57 bits per heavy atom. The Kier molecular flexibility index (Phi) is 6.81. The van der Waals surface area contributed by atoms with Gasteiger partial charge in [-0.2, -0.15) is 0 Å². The molecule has 0 heterocycles. The van der Waals surface area contributed by atoms with Crippen molar-refractivity contribution >= 4 is 56.0 Å². The fraction of sp³-hybridized carbons (Fsp3) is 0.0952. The van der Waals surface area contributed by atoms with Gasteiger partial charge in [0.2, 0.25) is 0 Å². The molecule has 0 unspecified atom stereocenters. The predicted molar refractivity (Wildman–Crippen MR) is 126 cm³/mol. The van der Waals surface area contributed by atoms with Crippen molar-refractivity contribution in [1.82, 2.24) is 0 Å². The minimum Gasteiger partial charge on any atom is -0.495 e. The summed E-state index contributed by atoms with van der Waals surface area (Å²) in [6.45, 7) is 1.97. The molecule has 3 N–H and O–H groups in total. The molecule has 6 nitrogen and oxygen atoms in total. The Morgan fingerprint density at radius 1 is 0.933 bits per heavy atom. The van der Waals surface area contributed by atoms with E-state index in [9.17, 15) is 8.42 Å². The SMILES string of the molecule is COc1ccc(C)cc1NC(=S)Nc1ccc(S(=O)(=O)Nc2ccc(Cl)cc2)cc1. The average Bonchev–Trinajstić information content (AvgIpc) is 2.70. The van der Waals surface area contributed by atoms with Crippen molar-refractivity contribution in [3.63, 3.8) is 0 Å². The second-order valence-corrected chi connectivity index (χ2v) is 8.95. The number of hydrogen-bond donors (Lipinski definition) is 3. The lowest BCUT2D eigenvalue weighted by Crippen LogP contribution is -2.19. The molecule has 9 heteroatoms. The number of rotatable bonds is 6. The molecule has 0 aromatic heterocycles. The molecular weight excluding hydrogens is 442 g/mol. The zero-order chi connectivity index (χ0) is 21.7. The van der Waals surface area contributed by atoms with Gasteiger partial charge < -0.3 is 15.4 Å². The molecule has 0 radical (unpaired) electrons. The van der Waals surface area contributed by atoms with E-state index < -0.39 is 10.0 Å². The van der Waals surface area contributed by atoms with E-state index >= 15 is 0 Å². The Labute approximate surface area is 186 Å². The van der Waals surface area contributed by atoms with E-state index in [0.29, 0.717) is 27.3 Å². The highest BCUT2D eigenvalue weighted by Gasteiger charge is 2.14. The van der Waals surface area contributed by atoms with Gasteiger partial charge in [-0.15, -0.1) is 0 Å². The quantitative estimate of drug-likeness (QED) is 0.434. The molecule has 0 fully saturated rings. The van der Waals surface area contributed by atoms with Gasteiger partial charge in [-0.1, -0.05) is 17.7 Å². The summed E-state index contributed by atoms with van der Waals surface area (Å²) in [5.74, 6) is 0.666. The number of anilines is 3. The number of thiocarbonyl (C=S) groups is 1. The lowest BCUT2D eigenvalue weighted by molar-refractivity contribution is 0.417. The van der Waals surface area contributed by atoms with Crippen LogP contribution in [0.15, 0.2) is 71.6 Å². The van der Waals surface area contributed by atoms with Crippen LogP contribution in [0.3, 0.4) is 0 Å². The summed E-state index contributed by atoms with van der Waals surface area (Å²) in [6, 6.07) is 18.4. The lowest BCUT2D eigenvalue weighted by Gasteiger charge is -2.14. The molecule has 0 aliphatic carbocycles. The number of aryl methyl sites for hydroxylation is 1. The molecular formula is C21H20ClN3O3S2. The minimum absolute atomic E-state index is 0.127. The average molecular weight is 462 g/mol. The maximum Gasteiger partial charge on any atom is 0.261 e. The van der Waals surface area contributed by atoms with Crippen LogP contribution in [0.1, 0.15) is 5.56 Å². The second kappa shape index (κ2) is 9.34. The molecule has 0 saturated heterocycles. The zero-order valence-corrected chi connectivity index (χ0v) is 18.7. The second-order valence-electron chi connectivity index (χ2n) is 6.42. The van der Waals surface area contributed by atoms with Gasteiger partial charge >= 0.3 is 0 Å². The van der Waals surface area contributed by atoms with Crippen LogP contribution in [0.5, 0.6) is 5.75 Å². The summed E-state index contributed by atoms with van der Waals surface area (Å²) in [6.07, 6.45) is 0. The van der Waals surface area contributed by atoms with Crippen molar-refractivity contribution in [3.05, 3.63) is 77.3 Å². The van der Waals surface area contributed by atoms with Gasteiger partial charge in [0.1, 0.15) is 5.75 Å². The van der Waals surface area contributed by atoms with Crippen molar-refractivity contribution in [1.29, 1.82) is 0 Å². The summed E-state index contributed by atoms with van der Waals surface area (Å²) >= 11 is 11.2. The molecule has 3 aromatic rings. The van der Waals surface area contributed by atoms with E-state index in [1.54, 1.807) is 43.5 Å². The van der Waals surface area contributed by atoms with E-state index in [1.165, 1.54) is 12.1 Å².